The lowest BCUT2D eigenvalue weighted by molar-refractivity contribution is -0.113. The van der Waals surface area contributed by atoms with Crippen molar-refractivity contribution in [3.8, 4) is 5.69 Å². The van der Waals surface area contributed by atoms with E-state index in [-0.39, 0.29) is 23.1 Å². The number of amides is 1. The molecule has 176 valence electrons. The third-order valence-corrected chi connectivity index (χ3v) is 6.87. The molecular formula is C27H25N5O2S. The molecular weight excluding hydrogens is 458 g/mol. The van der Waals surface area contributed by atoms with Gasteiger partial charge in [0.15, 0.2) is 5.16 Å². The second kappa shape index (κ2) is 9.38. The molecule has 0 saturated heterocycles. The van der Waals surface area contributed by atoms with Crippen molar-refractivity contribution in [3.63, 3.8) is 0 Å². The van der Waals surface area contributed by atoms with Crippen molar-refractivity contribution in [2.24, 2.45) is 0 Å². The number of nitrogens with zero attached hydrogens (tertiary/aromatic N) is 4. The van der Waals surface area contributed by atoms with Crippen molar-refractivity contribution >= 4 is 40.0 Å². The Morgan fingerprint density at radius 2 is 1.69 bits per heavy atom. The highest BCUT2D eigenvalue weighted by molar-refractivity contribution is 7.99. The molecule has 0 atom stereocenters. The molecule has 35 heavy (non-hydrogen) atoms. The van der Waals surface area contributed by atoms with Gasteiger partial charge in [-0.05, 0) is 48.2 Å². The largest absolute Gasteiger partial charge is 0.325 e. The number of fused-ring (bicyclic) bond motifs is 3. The molecule has 0 unspecified atom stereocenters. The standard InChI is InChI=1S/C27H25N5O2S/c1-17(2)19-11-5-8-14-22(19)31-25(34)20-12-6-9-15-23(20)32-26(31)29-30-27(32)35-16-24(33)28-21-13-7-4-10-18(21)3/h4-15,17H,16H2,1-3H3,(H,28,33). The van der Waals surface area contributed by atoms with E-state index >= 15 is 0 Å². The van der Waals surface area contributed by atoms with Crippen molar-refractivity contribution < 1.29 is 4.79 Å². The molecule has 0 fully saturated rings. The highest BCUT2D eigenvalue weighted by atomic mass is 32.2. The Morgan fingerprint density at radius 3 is 2.49 bits per heavy atom. The van der Waals surface area contributed by atoms with Gasteiger partial charge in [0.25, 0.3) is 5.56 Å². The van der Waals surface area contributed by atoms with E-state index in [2.05, 4.69) is 29.4 Å². The summed E-state index contributed by atoms with van der Waals surface area (Å²) in [6, 6.07) is 22.9. The first-order chi connectivity index (χ1) is 17.0. The van der Waals surface area contributed by atoms with Gasteiger partial charge < -0.3 is 5.32 Å². The highest BCUT2D eigenvalue weighted by Crippen LogP contribution is 2.27. The molecule has 5 rings (SSSR count). The van der Waals surface area contributed by atoms with E-state index in [1.165, 1.54) is 11.8 Å². The average Bonchev–Trinajstić information content (AvgIpc) is 3.28. The summed E-state index contributed by atoms with van der Waals surface area (Å²) in [5, 5.41) is 12.8. The minimum Gasteiger partial charge on any atom is -0.325 e. The van der Waals surface area contributed by atoms with E-state index in [1.807, 2.05) is 84.1 Å². The number of thioether (sulfide) groups is 1. The van der Waals surface area contributed by atoms with E-state index < -0.39 is 0 Å². The van der Waals surface area contributed by atoms with Crippen LogP contribution in [0.25, 0.3) is 22.4 Å². The van der Waals surface area contributed by atoms with Crippen LogP contribution in [0, 0.1) is 6.92 Å². The van der Waals surface area contributed by atoms with E-state index in [0.717, 1.165) is 22.5 Å². The summed E-state index contributed by atoms with van der Waals surface area (Å²) >= 11 is 1.29. The van der Waals surface area contributed by atoms with Gasteiger partial charge in [0.1, 0.15) is 0 Å². The summed E-state index contributed by atoms with van der Waals surface area (Å²) in [5.74, 6) is 0.657. The number of carbonyl (C=O) groups is 1. The molecule has 2 heterocycles. The zero-order valence-corrected chi connectivity index (χ0v) is 20.5. The van der Waals surface area contributed by atoms with E-state index in [4.69, 9.17) is 0 Å². The van der Waals surface area contributed by atoms with Gasteiger partial charge in [-0.3, -0.25) is 14.0 Å². The number of benzene rings is 3. The van der Waals surface area contributed by atoms with Crippen molar-refractivity contribution in [1.29, 1.82) is 0 Å². The Kier molecular flexibility index (Phi) is 6.13. The van der Waals surface area contributed by atoms with E-state index in [1.54, 1.807) is 4.57 Å². The maximum atomic E-state index is 13.6. The van der Waals surface area contributed by atoms with Gasteiger partial charge in [-0.15, -0.1) is 10.2 Å². The fourth-order valence-corrected chi connectivity index (χ4v) is 4.94. The molecule has 1 N–H and O–H groups in total. The SMILES string of the molecule is Cc1ccccc1NC(=O)CSc1nnc2n(-c3ccccc3C(C)C)c(=O)c3ccccc3n12. The molecule has 0 saturated carbocycles. The predicted molar refractivity (Wildman–Crippen MR) is 141 cm³/mol. The summed E-state index contributed by atoms with van der Waals surface area (Å²) < 4.78 is 3.49. The molecule has 0 aliphatic heterocycles. The summed E-state index contributed by atoms with van der Waals surface area (Å²) in [6.45, 7) is 6.15. The zero-order valence-electron chi connectivity index (χ0n) is 19.7. The van der Waals surface area contributed by atoms with Crippen LogP contribution in [0.3, 0.4) is 0 Å². The summed E-state index contributed by atoms with van der Waals surface area (Å²) in [6.07, 6.45) is 0. The first-order valence-corrected chi connectivity index (χ1v) is 12.4. The Labute approximate surface area is 206 Å². The smallest absolute Gasteiger partial charge is 0.267 e. The van der Waals surface area contributed by atoms with Gasteiger partial charge >= 0.3 is 0 Å². The molecule has 0 spiro atoms. The Hall–Kier alpha value is -3.91. The number of nitrogens with one attached hydrogen (secondary N) is 1. The lowest BCUT2D eigenvalue weighted by Crippen LogP contribution is -2.23. The fourth-order valence-electron chi connectivity index (χ4n) is 4.20. The average molecular weight is 484 g/mol. The predicted octanol–water partition coefficient (Wildman–Crippen LogP) is 5.20. The highest BCUT2D eigenvalue weighted by Gasteiger charge is 2.20. The van der Waals surface area contributed by atoms with Gasteiger partial charge in [0, 0.05) is 5.69 Å². The number of hydrogen-bond acceptors (Lipinski definition) is 5. The topological polar surface area (TPSA) is 81.3 Å². The van der Waals surface area contributed by atoms with Crippen LogP contribution in [0.4, 0.5) is 5.69 Å². The maximum Gasteiger partial charge on any atom is 0.267 e. The van der Waals surface area contributed by atoms with Gasteiger partial charge in [0.2, 0.25) is 11.7 Å². The zero-order chi connectivity index (χ0) is 24.5. The monoisotopic (exact) mass is 483 g/mol. The molecule has 5 aromatic rings. The Bertz CT molecular complexity index is 1620. The summed E-state index contributed by atoms with van der Waals surface area (Å²) in [7, 11) is 0. The summed E-state index contributed by atoms with van der Waals surface area (Å²) in [5.41, 5.74) is 4.16. The third kappa shape index (κ3) is 4.21. The van der Waals surface area contributed by atoms with E-state index in [9.17, 15) is 9.59 Å². The number of hydrogen-bond donors (Lipinski definition) is 1. The molecule has 0 aliphatic carbocycles. The number of rotatable bonds is 6. The molecule has 7 nitrogen and oxygen atoms in total. The maximum absolute atomic E-state index is 13.6. The third-order valence-electron chi connectivity index (χ3n) is 5.95. The number of anilines is 1. The van der Waals surface area contributed by atoms with Crippen LogP contribution < -0.4 is 10.9 Å². The number of para-hydroxylation sites is 3. The number of aromatic nitrogens is 4. The van der Waals surface area contributed by atoms with Crippen LogP contribution in [-0.4, -0.2) is 30.8 Å². The fraction of sp³-hybridized carbons (Fsp3) is 0.185. The minimum atomic E-state index is -0.151. The lowest BCUT2D eigenvalue weighted by atomic mass is 10.0. The van der Waals surface area contributed by atoms with Crippen LogP contribution in [0.5, 0.6) is 0 Å². The van der Waals surface area contributed by atoms with Gasteiger partial charge in [-0.2, -0.15) is 0 Å². The van der Waals surface area contributed by atoms with Crippen molar-refractivity contribution in [2.75, 3.05) is 11.1 Å². The Balaban J connectivity index is 1.60. The second-order valence-electron chi connectivity index (χ2n) is 8.64. The van der Waals surface area contributed by atoms with Gasteiger partial charge in [0.05, 0.1) is 22.3 Å². The van der Waals surface area contributed by atoms with Crippen LogP contribution in [-0.2, 0) is 4.79 Å². The second-order valence-corrected chi connectivity index (χ2v) is 9.58. The van der Waals surface area contributed by atoms with Crippen LogP contribution in [0.1, 0.15) is 30.9 Å². The van der Waals surface area contributed by atoms with Gasteiger partial charge in [-0.25, -0.2) is 4.57 Å². The van der Waals surface area contributed by atoms with Gasteiger partial charge in [-0.1, -0.05) is 74.1 Å². The summed E-state index contributed by atoms with van der Waals surface area (Å²) in [4.78, 5) is 26.3. The van der Waals surface area contributed by atoms with Crippen LogP contribution >= 0.6 is 11.8 Å². The molecule has 1 amide bonds. The molecule has 8 heteroatoms. The first kappa shape index (κ1) is 22.9. The van der Waals surface area contributed by atoms with Crippen molar-refractivity contribution in [2.45, 2.75) is 31.8 Å². The molecule has 2 aromatic heterocycles. The molecule has 0 aliphatic rings. The van der Waals surface area contributed by atoms with Crippen LogP contribution in [0.15, 0.2) is 82.7 Å². The number of aryl methyl sites for hydroxylation is 1. The normalized spacial score (nSPS) is 11.4. The molecule has 0 bridgehead atoms. The molecule has 0 radical (unpaired) electrons. The Morgan fingerprint density at radius 1 is 0.971 bits per heavy atom. The first-order valence-electron chi connectivity index (χ1n) is 11.4. The van der Waals surface area contributed by atoms with Crippen molar-refractivity contribution in [1.82, 2.24) is 19.2 Å². The number of carbonyl (C=O) groups excluding carboxylic acids is 1. The van der Waals surface area contributed by atoms with Crippen LogP contribution in [0.2, 0.25) is 0 Å². The lowest BCUT2D eigenvalue weighted by Gasteiger charge is -2.16. The quantitative estimate of drug-likeness (QED) is 0.336. The van der Waals surface area contributed by atoms with E-state index in [0.29, 0.717) is 21.8 Å². The molecule has 3 aromatic carbocycles. The van der Waals surface area contributed by atoms with Crippen molar-refractivity contribution in [3.05, 3.63) is 94.3 Å². The minimum absolute atomic E-state index is 0.135.